The van der Waals surface area contributed by atoms with Crippen molar-refractivity contribution in [3.8, 4) is 5.75 Å². The van der Waals surface area contributed by atoms with Crippen molar-refractivity contribution in [2.24, 2.45) is 0 Å². The fraction of sp³-hybridized carbons (Fsp3) is 0.333. The van der Waals surface area contributed by atoms with Gasteiger partial charge in [0.05, 0.1) is 13.7 Å². The fourth-order valence-electron chi connectivity index (χ4n) is 1.15. The highest BCUT2D eigenvalue weighted by atomic mass is 19.1. The second kappa shape index (κ2) is 3.54. The SMILES string of the molecule is COc1c(C)cc(CO)cc1F. The molecule has 0 spiro atoms. The van der Waals surface area contributed by atoms with Gasteiger partial charge in [-0.3, -0.25) is 0 Å². The predicted molar refractivity (Wildman–Crippen MR) is 43.6 cm³/mol. The number of rotatable bonds is 2. The van der Waals surface area contributed by atoms with Crippen LogP contribution >= 0.6 is 0 Å². The molecule has 66 valence electrons. The van der Waals surface area contributed by atoms with Gasteiger partial charge in [0.1, 0.15) is 0 Å². The third-order valence-corrected chi connectivity index (χ3v) is 1.68. The maximum absolute atomic E-state index is 13.1. The molecule has 0 radical (unpaired) electrons. The summed E-state index contributed by atoms with van der Waals surface area (Å²) in [7, 11) is 1.42. The van der Waals surface area contributed by atoms with Crippen LogP contribution < -0.4 is 4.74 Å². The van der Waals surface area contributed by atoms with E-state index >= 15 is 0 Å². The van der Waals surface area contributed by atoms with Gasteiger partial charge < -0.3 is 9.84 Å². The Bertz CT molecular complexity index is 261. The second-order valence-electron chi connectivity index (χ2n) is 2.59. The Labute approximate surface area is 70.6 Å². The zero-order chi connectivity index (χ0) is 9.14. The normalized spacial score (nSPS) is 10.0. The summed E-state index contributed by atoms with van der Waals surface area (Å²) in [6.07, 6.45) is 0. The molecular formula is C9H11FO2. The summed E-state index contributed by atoms with van der Waals surface area (Å²) in [5.74, 6) is -0.186. The van der Waals surface area contributed by atoms with E-state index in [1.807, 2.05) is 0 Å². The lowest BCUT2D eigenvalue weighted by molar-refractivity contribution is 0.280. The highest BCUT2D eigenvalue weighted by Gasteiger charge is 2.06. The lowest BCUT2D eigenvalue weighted by Crippen LogP contribution is -1.94. The topological polar surface area (TPSA) is 29.5 Å². The molecular weight excluding hydrogens is 159 g/mol. The van der Waals surface area contributed by atoms with E-state index in [1.54, 1.807) is 13.0 Å². The molecule has 0 aromatic heterocycles. The van der Waals surface area contributed by atoms with E-state index in [-0.39, 0.29) is 12.4 Å². The summed E-state index contributed by atoms with van der Waals surface area (Å²) < 4.78 is 17.9. The van der Waals surface area contributed by atoms with Crippen molar-refractivity contribution in [2.75, 3.05) is 7.11 Å². The predicted octanol–water partition coefficient (Wildman–Crippen LogP) is 1.64. The molecule has 0 fully saturated rings. The Morgan fingerprint density at radius 3 is 2.58 bits per heavy atom. The third kappa shape index (κ3) is 1.56. The first-order chi connectivity index (χ1) is 5.69. The van der Waals surface area contributed by atoms with Crippen LogP contribution in [-0.4, -0.2) is 12.2 Å². The van der Waals surface area contributed by atoms with E-state index < -0.39 is 5.82 Å². The van der Waals surface area contributed by atoms with Crippen molar-refractivity contribution in [1.29, 1.82) is 0 Å². The molecule has 0 aliphatic heterocycles. The summed E-state index contributed by atoms with van der Waals surface area (Å²) in [4.78, 5) is 0. The fourth-order valence-corrected chi connectivity index (χ4v) is 1.15. The van der Waals surface area contributed by atoms with Crippen LogP contribution in [-0.2, 0) is 6.61 Å². The van der Waals surface area contributed by atoms with E-state index in [2.05, 4.69) is 0 Å². The minimum Gasteiger partial charge on any atom is -0.493 e. The van der Waals surface area contributed by atoms with Crippen molar-refractivity contribution in [3.05, 3.63) is 29.1 Å². The summed E-state index contributed by atoms with van der Waals surface area (Å²) >= 11 is 0. The maximum Gasteiger partial charge on any atom is 0.165 e. The Kier molecular flexibility index (Phi) is 2.65. The van der Waals surface area contributed by atoms with Crippen LogP contribution in [0.2, 0.25) is 0 Å². The molecule has 0 saturated heterocycles. The molecule has 0 atom stereocenters. The van der Waals surface area contributed by atoms with Crippen molar-refractivity contribution in [2.45, 2.75) is 13.5 Å². The van der Waals surface area contributed by atoms with Crippen LogP contribution in [0.5, 0.6) is 5.75 Å². The number of aliphatic hydroxyl groups is 1. The molecule has 0 aliphatic rings. The van der Waals surface area contributed by atoms with Crippen molar-refractivity contribution in [3.63, 3.8) is 0 Å². The van der Waals surface area contributed by atoms with Crippen LogP contribution in [0.15, 0.2) is 12.1 Å². The van der Waals surface area contributed by atoms with Gasteiger partial charge in [-0.2, -0.15) is 0 Å². The zero-order valence-electron chi connectivity index (χ0n) is 7.10. The largest absolute Gasteiger partial charge is 0.493 e. The zero-order valence-corrected chi connectivity index (χ0v) is 7.10. The highest BCUT2D eigenvalue weighted by Crippen LogP contribution is 2.23. The molecule has 1 N–H and O–H groups in total. The van der Waals surface area contributed by atoms with Gasteiger partial charge in [0, 0.05) is 0 Å². The highest BCUT2D eigenvalue weighted by molar-refractivity contribution is 5.37. The number of halogens is 1. The molecule has 0 bridgehead atoms. The molecule has 0 amide bonds. The molecule has 0 aliphatic carbocycles. The number of aryl methyl sites for hydroxylation is 1. The molecule has 1 rings (SSSR count). The number of benzene rings is 1. The number of hydrogen-bond acceptors (Lipinski definition) is 2. The Balaban J connectivity index is 3.18. The molecule has 12 heavy (non-hydrogen) atoms. The Hall–Kier alpha value is -1.09. The minimum absolute atomic E-state index is 0.151. The van der Waals surface area contributed by atoms with Gasteiger partial charge in [-0.05, 0) is 30.2 Å². The van der Waals surface area contributed by atoms with Crippen molar-refractivity contribution < 1.29 is 14.2 Å². The number of methoxy groups -OCH3 is 1. The average Bonchev–Trinajstić information content (AvgIpc) is 2.03. The van der Waals surface area contributed by atoms with Gasteiger partial charge in [0.2, 0.25) is 0 Å². The standard InChI is InChI=1S/C9H11FO2/c1-6-3-7(5-11)4-8(10)9(6)12-2/h3-4,11H,5H2,1-2H3. The number of ether oxygens (including phenoxy) is 1. The number of hydrogen-bond donors (Lipinski definition) is 1. The quantitative estimate of drug-likeness (QED) is 0.731. The average molecular weight is 170 g/mol. The van der Waals surface area contributed by atoms with Gasteiger partial charge in [0.25, 0.3) is 0 Å². The van der Waals surface area contributed by atoms with Crippen LogP contribution in [0.4, 0.5) is 4.39 Å². The molecule has 3 heteroatoms. The van der Waals surface area contributed by atoms with E-state index in [0.29, 0.717) is 11.1 Å². The van der Waals surface area contributed by atoms with Crippen molar-refractivity contribution >= 4 is 0 Å². The Morgan fingerprint density at radius 2 is 2.17 bits per heavy atom. The van der Waals surface area contributed by atoms with Gasteiger partial charge >= 0.3 is 0 Å². The number of aliphatic hydroxyl groups excluding tert-OH is 1. The smallest absolute Gasteiger partial charge is 0.165 e. The van der Waals surface area contributed by atoms with Gasteiger partial charge in [-0.1, -0.05) is 0 Å². The first-order valence-electron chi connectivity index (χ1n) is 3.63. The molecule has 0 unspecified atom stereocenters. The van der Waals surface area contributed by atoms with E-state index in [1.165, 1.54) is 13.2 Å². The molecule has 1 aromatic rings. The molecule has 0 heterocycles. The van der Waals surface area contributed by atoms with E-state index in [9.17, 15) is 4.39 Å². The first-order valence-corrected chi connectivity index (χ1v) is 3.63. The van der Waals surface area contributed by atoms with Crippen LogP contribution in [0.3, 0.4) is 0 Å². The van der Waals surface area contributed by atoms with E-state index in [0.717, 1.165) is 0 Å². The third-order valence-electron chi connectivity index (χ3n) is 1.68. The van der Waals surface area contributed by atoms with Crippen LogP contribution in [0.25, 0.3) is 0 Å². The molecule has 2 nitrogen and oxygen atoms in total. The van der Waals surface area contributed by atoms with Gasteiger partial charge in [0.15, 0.2) is 11.6 Å². The van der Waals surface area contributed by atoms with Gasteiger partial charge in [-0.15, -0.1) is 0 Å². The second-order valence-corrected chi connectivity index (χ2v) is 2.59. The lowest BCUT2D eigenvalue weighted by atomic mass is 10.1. The molecule has 1 aromatic carbocycles. The van der Waals surface area contributed by atoms with E-state index in [4.69, 9.17) is 9.84 Å². The molecule has 0 saturated carbocycles. The summed E-state index contributed by atoms with van der Waals surface area (Å²) in [6.45, 7) is 1.59. The van der Waals surface area contributed by atoms with Crippen LogP contribution in [0.1, 0.15) is 11.1 Å². The summed E-state index contributed by atoms with van der Waals surface area (Å²) in [5.41, 5.74) is 1.26. The van der Waals surface area contributed by atoms with Gasteiger partial charge in [-0.25, -0.2) is 4.39 Å². The monoisotopic (exact) mass is 170 g/mol. The summed E-state index contributed by atoms with van der Waals surface area (Å²) in [5, 5.41) is 8.74. The maximum atomic E-state index is 13.1. The van der Waals surface area contributed by atoms with Crippen molar-refractivity contribution in [1.82, 2.24) is 0 Å². The lowest BCUT2D eigenvalue weighted by Gasteiger charge is -2.07. The first kappa shape index (κ1) is 9.00. The minimum atomic E-state index is -0.429. The Morgan fingerprint density at radius 1 is 1.50 bits per heavy atom. The van der Waals surface area contributed by atoms with Crippen LogP contribution in [0, 0.1) is 12.7 Å². The summed E-state index contributed by atoms with van der Waals surface area (Å²) in [6, 6.07) is 2.97.